The van der Waals surface area contributed by atoms with E-state index in [1.54, 1.807) is 0 Å². The average Bonchev–Trinajstić information content (AvgIpc) is 2.13. The molecule has 1 N–H and O–H groups in total. The molecule has 0 aromatic carbocycles. The van der Waals surface area contributed by atoms with Crippen molar-refractivity contribution in [3.63, 3.8) is 0 Å². The fraction of sp³-hybridized carbons (Fsp3) is 1.00. The van der Waals surface area contributed by atoms with E-state index in [0.717, 1.165) is 19.3 Å². The molecular weight excluding hydrogens is 220 g/mol. The molecule has 1 heterocycles. The molecule has 1 aliphatic heterocycles. The van der Waals surface area contributed by atoms with Crippen molar-refractivity contribution in [2.75, 3.05) is 6.61 Å². The summed E-state index contributed by atoms with van der Waals surface area (Å²) in [6.45, 7) is 11.8. The lowest BCUT2D eigenvalue weighted by Crippen LogP contribution is -2.44. The Morgan fingerprint density at radius 1 is 1.31 bits per heavy atom. The number of hydrogen-bond acceptors (Lipinski definition) is 3. The lowest BCUT2D eigenvalue weighted by Gasteiger charge is -2.38. The smallest absolute Gasteiger partial charge is 0.192 e. The number of ether oxygens (including phenoxy) is 1. The first kappa shape index (κ1) is 14.2. The Balaban J connectivity index is 2.39. The molecule has 0 spiro atoms. The third-order valence-electron chi connectivity index (χ3n) is 3.76. The van der Waals surface area contributed by atoms with Gasteiger partial charge in [-0.25, -0.2) is 0 Å². The van der Waals surface area contributed by atoms with Crippen LogP contribution in [0.2, 0.25) is 18.1 Å². The maximum absolute atomic E-state index is 9.40. The first-order valence-electron chi connectivity index (χ1n) is 6.20. The Labute approximate surface area is 100 Å². The highest BCUT2D eigenvalue weighted by atomic mass is 28.4. The molecule has 2 atom stereocenters. The molecule has 1 rings (SSSR count). The lowest BCUT2D eigenvalue weighted by atomic mass is 10.1. The Kier molecular flexibility index (Phi) is 4.57. The summed E-state index contributed by atoms with van der Waals surface area (Å²) >= 11 is 0. The molecule has 16 heavy (non-hydrogen) atoms. The Hall–Kier alpha value is 0.0969. The fourth-order valence-electron chi connectivity index (χ4n) is 1.52. The van der Waals surface area contributed by atoms with Crippen LogP contribution >= 0.6 is 0 Å². The van der Waals surface area contributed by atoms with Crippen molar-refractivity contribution < 1.29 is 14.3 Å². The SMILES string of the molecule is CC(C)(C)[Si](C)(C)OC[C@H]1CCC[C@H](O)O1. The van der Waals surface area contributed by atoms with E-state index in [1.807, 2.05) is 0 Å². The zero-order valence-electron chi connectivity index (χ0n) is 11.2. The molecule has 0 saturated carbocycles. The van der Waals surface area contributed by atoms with Crippen LogP contribution in [0.1, 0.15) is 40.0 Å². The first-order valence-corrected chi connectivity index (χ1v) is 9.11. The van der Waals surface area contributed by atoms with Crippen LogP contribution in [0.5, 0.6) is 0 Å². The van der Waals surface area contributed by atoms with E-state index in [1.165, 1.54) is 0 Å². The van der Waals surface area contributed by atoms with Crippen LogP contribution in [-0.2, 0) is 9.16 Å². The van der Waals surface area contributed by atoms with Gasteiger partial charge in [0.1, 0.15) is 0 Å². The van der Waals surface area contributed by atoms with Gasteiger partial charge in [-0.1, -0.05) is 20.8 Å². The summed E-state index contributed by atoms with van der Waals surface area (Å²) in [5, 5.41) is 9.64. The number of aliphatic hydroxyl groups excluding tert-OH is 1. The van der Waals surface area contributed by atoms with Gasteiger partial charge in [-0.3, -0.25) is 0 Å². The molecule has 1 saturated heterocycles. The van der Waals surface area contributed by atoms with E-state index in [2.05, 4.69) is 33.9 Å². The predicted molar refractivity (Wildman–Crippen MR) is 67.9 cm³/mol. The maximum atomic E-state index is 9.40. The molecule has 0 aliphatic carbocycles. The number of aliphatic hydroxyl groups is 1. The van der Waals surface area contributed by atoms with Crippen molar-refractivity contribution in [1.29, 1.82) is 0 Å². The fourth-order valence-corrected chi connectivity index (χ4v) is 2.55. The molecule has 4 heteroatoms. The van der Waals surface area contributed by atoms with Crippen molar-refractivity contribution in [2.45, 2.75) is 70.6 Å². The van der Waals surface area contributed by atoms with E-state index in [9.17, 15) is 5.11 Å². The van der Waals surface area contributed by atoms with Crippen LogP contribution < -0.4 is 0 Å². The van der Waals surface area contributed by atoms with Crippen molar-refractivity contribution in [2.24, 2.45) is 0 Å². The molecule has 1 fully saturated rings. The van der Waals surface area contributed by atoms with E-state index in [0.29, 0.717) is 6.61 Å². The molecule has 0 bridgehead atoms. The average molecular weight is 246 g/mol. The second-order valence-corrected chi connectivity index (χ2v) is 11.0. The topological polar surface area (TPSA) is 38.7 Å². The minimum atomic E-state index is -1.67. The van der Waals surface area contributed by atoms with Gasteiger partial charge in [0.2, 0.25) is 0 Å². The van der Waals surface area contributed by atoms with Gasteiger partial charge in [-0.05, 0) is 37.4 Å². The first-order chi connectivity index (χ1) is 7.22. The van der Waals surface area contributed by atoms with Gasteiger partial charge in [0, 0.05) is 0 Å². The van der Waals surface area contributed by atoms with Crippen LogP contribution in [-0.4, -0.2) is 32.4 Å². The summed E-state index contributed by atoms with van der Waals surface area (Å²) in [7, 11) is -1.67. The lowest BCUT2D eigenvalue weighted by molar-refractivity contribution is -0.170. The number of rotatable bonds is 3. The minimum absolute atomic E-state index is 0.0814. The van der Waals surface area contributed by atoms with Gasteiger partial charge in [0.05, 0.1) is 12.7 Å². The second kappa shape index (κ2) is 5.17. The molecule has 1 aliphatic rings. The largest absolute Gasteiger partial charge is 0.414 e. The summed E-state index contributed by atoms with van der Waals surface area (Å²) in [6, 6.07) is 0. The zero-order valence-corrected chi connectivity index (χ0v) is 12.2. The summed E-state index contributed by atoms with van der Waals surface area (Å²) in [5.74, 6) is 0. The highest BCUT2D eigenvalue weighted by Gasteiger charge is 2.38. The summed E-state index contributed by atoms with van der Waals surface area (Å²) < 4.78 is 11.5. The summed E-state index contributed by atoms with van der Waals surface area (Å²) in [4.78, 5) is 0. The third-order valence-corrected chi connectivity index (χ3v) is 8.26. The normalized spacial score (nSPS) is 28.1. The third kappa shape index (κ3) is 3.84. The molecule has 0 unspecified atom stereocenters. The van der Waals surface area contributed by atoms with E-state index in [4.69, 9.17) is 9.16 Å². The van der Waals surface area contributed by atoms with Crippen molar-refractivity contribution in [3.8, 4) is 0 Å². The van der Waals surface area contributed by atoms with Gasteiger partial charge in [0.15, 0.2) is 14.6 Å². The van der Waals surface area contributed by atoms with Gasteiger partial charge < -0.3 is 14.3 Å². The summed E-state index contributed by atoms with van der Waals surface area (Å²) in [6.07, 6.45) is 2.30. The van der Waals surface area contributed by atoms with Crippen LogP contribution in [0.4, 0.5) is 0 Å². The summed E-state index contributed by atoms with van der Waals surface area (Å²) in [5.41, 5.74) is 0. The van der Waals surface area contributed by atoms with Gasteiger partial charge in [0.25, 0.3) is 0 Å². The van der Waals surface area contributed by atoms with E-state index in [-0.39, 0.29) is 11.1 Å². The maximum Gasteiger partial charge on any atom is 0.192 e. The number of hydrogen-bond donors (Lipinski definition) is 1. The van der Waals surface area contributed by atoms with Crippen molar-refractivity contribution in [1.82, 2.24) is 0 Å². The van der Waals surface area contributed by atoms with Crippen LogP contribution in [0.15, 0.2) is 0 Å². The Morgan fingerprint density at radius 3 is 2.44 bits per heavy atom. The Morgan fingerprint density at radius 2 is 1.94 bits per heavy atom. The van der Waals surface area contributed by atoms with Crippen LogP contribution in [0.25, 0.3) is 0 Å². The van der Waals surface area contributed by atoms with Crippen LogP contribution in [0, 0.1) is 0 Å². The molecule has 0 aromatic heterocycles. The highest BCUT2D eigenvalue weighted by Crippen LogP contribution is 2.36. The molecular formula is C12H26O3Si. The van der Waals surface area contributed by atoms with Crippen molar-refractivity contribution in [3.05, 3.63) is 0 Å². The minimum Gasteiger partial charge on any atom is -0.414 e. The van der Waals surface area contributed by atoms with Gasteiger partial charge in [-0.15, -0.1) is 0 Å². The van der Waals surface area contributed by atoms with Gasteiger partial charge in [-0.2, -0.15) is 0 Å². The molecule has 0 aromatic rings. The Bertz CT molecular complexity index is 223. The van der Waals surface area contributed by atoms with Gasteiger partial charge >= 0.3 is 0 Å². The molecule has 3 nitrogen and oxygen atoms in total. The standard InChI is InChI=1S/C12H26O3Si/c1-12(2,3)16(4,5)14-9-10-7-6-8-11(13)15-10/h10-11,13H,6-9H2,1-5H3/t10-,11-/m1/s1. The van der Waals surface area contributed by atoms with E-state index < -0.39 is 14.6 Å². The van der Waals surface area contributed by atoms with Crippen molar-refractivity contribution >= 4 is 8.32 Å². The monoisotopic (exact) mass is 246 g/mol. The predicted octanol–water partition coefficient (Wildman–Crippen LogP) is 2.90. The highest BCUT2D eigenvalue weighted by molar-refractivity contribution is 6.74. The van der Waals surface area contributed by atoms with E-state index >= 15 is 0 Å². The zero-order chi connectivity index (χ0) is 12.4. The quantitative estimate of drug-likeness (QED) is 0.778. The van der Waals surface area contributed by atoms with Crippen LogP contribution in [0.3, 0.4) is 0 Å². The molecule has 96 valence electrons. The second-order valence-electron chi connectivity index (χ2n) is 6.21. The molecule has 0 radical (unpaired) electrons. The molecule has 0 amide bonds.